The van der Waals surface area contributed by atoms with E-state index in [-0.39, 0.29) is 24.8 Å². The fourth-order valence-electron chi connectivity index (χ4n) is 3.17. The van der Waals surface area contributed by atoms with Crippen molar-refractivity contribution in [1.29, 1.82) is 0 Å². The molecule has 1 aliphatic carbocycles. The van der Waals surface area contributed by atoms with Crippen LogP contribution in [0.3, 0.4) is 0 Å². The van der Waals surface area contributed by atoms with Gasteiger partial charge in [-0.1, -0.05) is 42.8 Å². The molecule has 0 spiro atoms. The molecule has 0 aliphatic heterocycles. The van der Waals surface area contributed by atoms with Crippen molar-refractivity contribution in [2.24, 2.45) is 0 Å². The van der Waals surface area contributed by atoms with Gasteiger partial charge in [0.2, 0.25) is 0 Å². The van der Waals surface area contributed by atoms with Crippen LogP contribution in [0.2, 0.25) is 19.6 Å². The van der Waals surface area contributed by atoms with Gasteiger partial charge in [-0.05, 0) is 26.1 Å². The first-order valence-corrected chi connectivity index (χ1v) is 15.3. The van der Waals surface area contributed by atoms with Gasteiger partial charge in [0, 0.05) is 6.61 Å². The molecule has 32 heavy (non-hydrogen) atoms. The van der Waals surface area contributed by atoms with Crippen molar-refractivity contribution in [1.82, 2.24) is 0 Å². The van der Waals surface area contributed by atoms with Gasteiger partial charge in [-0.15, -0.1) is 46.2 Å². The summed E-state index contributed by atoms with van der Waals surface area (Å²) in [5.74, 6) is 0. The van der Waals surface area contributed by atoms with Crippen LogP contribution in [0.25, 0.3) is 21.5 Å². The fourth-order valence-corrected chi connectivity index (χ4v) is 3.92. The Kier molecular flexibility index (Phi) is 15.7. The molecule has 5 heteroatoms. The van der Waals surface area contributed by atoms with Gasteiger partial charge in [0.05, 0.1) is 0 Å². The van der Waals surface area contributed by atoms with E-state index in [0.29, 0.717) is 0 Å². The Labute approximate surface area is 223 Å². The van der Waals surface area contributed by atoms with Crippen LogP contribution in [-0.4, -0.2) is 18.1 Å². The summed E-state index contributed by atoms with van der Waals surface area (Å²) in [6.45, 7) is 11.8. The van der Waals surface area contributed by atoms with Crippen LogP contribution in [0.4, 0.5) is 0 Å². The Hall–Kier alpha value is -0.700. The van der Waals surface area contributed by atoms with E-state index in [4.69, 9.17) is 4.43 Å². The molecule has 0 bridgehead atoms. The number of rotatable bonds is 5. The normalized spacial score (nSPS) is 12.0. The SMILES string of the molecule is C[C](C)=[Zr+2].C[Si](C)(C)OCCCC1=[C-]CC=C1.[Cl-].[Cl-].c1ccc2c(c1)[cH-]c1ccccc12. The molecule has 172 valence electrons. The van der Waals surface area contributed by atoms with Gasteiger partial charge >= 0.3 is 41.3 Å². The van der Waals surface area contributed by atoms with Crippen LogP contribution >= 0.6 is 0 Å². The van der Waals surface area contributed by atoms with E-state index in [0.717, 1.165) is 25.9 Å². The quantitative estimate of drug-likeness (QED) is 0.261. The van der Waals surface area contributed by atoms with Crippen molar-refractivity contribution < 1.29 is 53.5 Å². The summed E-state index contributed by atoms with van der Waals surface area (Å²) in [5, 5.41) is 5.39. The van der Waals surface area contributed by atoms with E-state index >= 15 is 0 Å². The number of allylic oxidation sites excluding steroid dienone is 4. The first-order valence-electron chi connectivity index (χ1n) is 10.7. The summed E-state index contributed by atoms with van der Waals surface area (Å²) >= 11 is 1.55. The zero-order valence-electron chi connectivity index (χ0n) is 19.8. The van der Waals surface area contributed by atoms with Crippen molar-refractivity contribution in [3.05, 3.63) is 78.4 Å². The molecule has 3 aromatic carbocycles. The first-order chi connectivity index (χ1) is 14.3. The molecule has 0 N–H and O–H groups in total. The monoisotopic (exact) mass is 562 g/mol. The minimum atomic E-state index is -1.28. The zero-order valence-corrected chi connectivity index (χ0v) is 24.8. The second-order valence-electron chi connectivity index (χ2n) is 8.69. The summed E-state index contributed by atoms with van der Waals surface area (Å²) in [6.07, 6.45) is 10.9. The third-order valence-electron chi connectivity index (χ3n) is 4.41. The molecule has 0 aromatic heterocycles. The first kappa shape index (κ1) is 31.3. The molecular weight excluding hydrogens is 531 g/mol. The van der Waals surface area contributed by atoms with Gasteiger partial charge < -0.3 is 29.2 Å². The Morgan fingerprint density at radius 3 is 1.91 bits per heavy atom. The third kappa shape index (κ3) is 12.0. The van der Waals surface area contributed by atoms with Crippen molar-refractivity contribution >= 4 is 33.1 Å². The molecule has 1 nitrogen and oxygen atoms in total. The molecule has 3 aromatic rings. The van der Waals surface area contributed by atoms with E-state index < -0.39 is 8.32 Å². The summed E-state index contributed by atoms with van der Waals surface area (Å²) in [4.78, 5) is 0. The van der Waals surface area contributed by atoms with Crippen LogP contribution < -0.4 is 24.8 Å². The van der Waals surface area contributed by atoms with Crippen molar-refractivity contribution in [3.8, 4) is 0 Å². The molecule has 0 unspecified atom stereocenters. The number of fused-ring (bicyclic) bond motifs is 3. The van der Waals surface area contributed by atoms with Crippen LogP contribution in [0.15, 0.2) is 72.3 Å². The average Bonchev–Trinajstić information content (AvgIpc) is 3.32. The molecule has 0 amide bonds. The molecule has 0 atom stereocenters. The van der Waals surface area contributed by atoms with E-state index in [1.54, 1.807) is 24.2 Å². The summed E-state index contributed by atoms with van der Waals surface area (Å²) < 4.78 is 7.27. The summed E-state index contributed by atoms with van der Waals surface area (Å²) in [7, 11) is -1.28. The number of halogens is 2. The van der Waals surface area contributed by atoms with E-state index in [1.807, 2.05) is 0 Å². The molecule has 0 fully saturated rings. The molecule has 0 heterocycles. The topological polar surface area (TPSA) is 9.23 Å². The van der Waals surface area contributed by atoms with Crippen molar-refractivity contribution in [2.45, 2.75) is 52.8 Å². The van der Waals surface area contributed by atoms with Crippen LogP contribution in [0.5, 0.6) is 0 Å². The van der Waals surface area contributed by atoms with E-state index in [1.165, 1.54) is 30.3 Å². The molecule has 4 rings (SSSR count). The van der Waals surface area contributed by atoms with Crippen LogP contribution in [0.1, 0.15) is 33.1 Å². The second kappa shape index (κ2) is 16.0. The predicted octanol–water partition coefficient (Wildman–Crippen LogP) is 1.77. The minimum Gasteiger partial charge on any atom is -1.00 e. The standard InChI is InChI=1S/C13H9.C11H19OSi.C3H6.2ClH.Zr/c1-3-7-12-10(5-1)9-11-6-2-4-8-13(11)12;1-13(2,3)12-10-6-9-11-7-4-5-8-11;1-3-2;;;/h1-9H;4,7H,5-6,9-10H2,1-3H3;1-2H3;2*1H;/q2*-1;;;;+2/p-2. The van der Waals surface area contributed by atoms with Crippen molar-refractivity contribution in [2.75, 3.05) is 6.61 Å². The molecule has 1 aliphatic rings. The number of benzene rings is 2. The number of hydrogen-bond acceptors (Lipinski definition) is 1. The Balaban J connectivity index is 0.000000490. The predicted molar refractivity (Wildman–Crippen MR) is 132 cm³/mol. The molecular formula is C27H34Cl2OSiZr-2. The Bertz CT molecular complexity index is 961. The smallest absolute Gasteiger partial charge is 0.183 e. The van der Waals surface area contributed by atoms with Crippen LogP contribution in [-0.2, 0) is 28.7 Å². The van der Waals surface area contributed by atoms with Gasteiger partial charge in [-0.25, -0.2) is 11.6 Å². The Morgan fingerprint density at radius 1 is 0.969 bits per heavy atom. The Morgan fingerprint density at radius 2 is 1.47 bits per heavy atom. The summed E-state index contributed by atoms with van der Waals surface area (Å²) in [5.41, 5.74) is 1.36. The molecule has 0 radical (unpaired) electrons. The van der Waals surface area contributed by atoms with E-state index in [9.17, 15) is 0 Å². The van der Waals surface area contributed by atoms with Gasteiger partial charge in [-0.3, -0.25) is 6.08 Å². The van der Waals surface area contributed by atoms with Gasteiger partial charge in [0.1, 0.15) is 0 Å². The largest absolute Gasteiger partial charge is 1.00 e. The maximum Gasteiger partial charge on any atom is 0.183 e. The van der Waals surface area contributed by atoms with Gasteiger partial charge in [-0.2, -0.15) is 6.08 Å². The second-order valence-corrected chi connectivity index (χ2v) is 15.7. The maximum absolute atomic E-state index is 5.76. The van der Waals surface area contributed by atoms with Gasteiger partial charge in [0.15, 0.2) is 8.32 Å². The van der Waals surface area contributed by atoms with Gasteiger partial charge in [0.25, 0.3) is 0 Å². The maximum atomic E-state index is 5.76. The third-order valence-corrected chi connectivity index (χ3v) is 5.48. The molecule has 0 saturated heterocycles. The molecule has 0 saturated carbocycles. The fraction of sp³-hybridized carbons (Fsp3) is 0.333. The van der Waals surface area contributed by atoms with E-state index in [2.05, 4.69) is 106 Å². The average molecular weight is 565 g/mol. The number of hydrogen-bond donors (Lipinski definition) is 0. The zero-order chi connectivity index (χ0) is 22.0. The van der Waals surface area contributed by atoms with Crippen LogP contribution in [0, 0.1) is 6.08 Å². The summed E-state index contributed by atoms with van der Waals surface area (Å²) in [6, 6.07) is 19.3. The van der Waals surface area contributed by atoms with Crippen molar-refractivity contribution in [3.63, 3.8) is 0 Å². The minimum absolute atomic E-state index is 0.